The van der Waals surface area contributed by atoms with Gasteiger partial charge in [-0.1, -0.05) is 126 Å². The topological polar surface area (TPSA) is 30.7 Å². The Morgan fingerprint density at radius 3 is 2.70 bits per heavy atom. The molecule has 0 radical (unpaired) electrons. The van der Waals surface area contributed by atoms with Crippen molar-refractivity contribution < 1.29 is 0 Å². The van der Waals surface area contributed by atoms with E-state index in [-0.39, 0.29) is 11.3 Å². The lowest BCUT2D eigenvalue weighted by molar-refractivity contribution is 0.264. The first-order valence-corrected chi connectivity index (χ1v) is 19.2. The standard InChI is InChI=1S/C47H47N3/c1-6-28(3)31-20-22-38-39(26-31)48-45(30-13-8-7-9-14-30)46(49-38)50-40-18-12-17-34-42(40)43-35(23-27(2)24-41(43)50)37-25-32-15-10-11-16-33(32)36-21-19-29(4)44(34)47(36,37)5/h7-8,10-13,15-23,25,27-29,31,37,44H,6,9,14,24,26H2,1-5H3. The maximum absolute atomic E-state index is 5.64. The van der Waals surface area contributed by atoms with Gasteiger partial charge in [0.25, 0.3) is 0 Å². The molecule has 250 valence electrons. The van der Waals surface area contributed by atoms with E-state index in [2.05, 4.69) is 136 Å². The molecule has 6 aliphatic carbocycles. The van der Waals surface area contributed by atoms with Crippen LogP contribution in [0.5, 0.6) is 0 Å². The van der Waals surface area contributed by atoms with Crippen molar-refractivity contribution in [2.45, 2.75) is 72.6 Å². The largest absolute Gasteiger partial charge is 0.296 e. The highest BCUT2D eigenvalue weighted by Gasteiger charge is 2.53. The molecule has 7 atom stereocenters. The maximum Gasteiger partial charge on any atom is 0.164 e. The number of rotatable bonds is 4. The van der Waals surface area contributed by atoms with E-state index in [1.165, 1.54) is 61.3 Å². The molecule has 50 heavy (non-hydrogen) atoms. The van der Waals surface area contributed by atoms with Gasteiger partial charge in [-0.05, 0) is 94.2 Å². The second-order valence-corrected chi connectivity index (χ2v) is 16.3. The monoisotopic (exact) mass is 653 g/mol. The molecule has 10 rings (SSSR count). The second-order valence-electron chi connectivity index (χ2n) is 16.3. The van der Waals surface area contributed by atoms with E-state index in [0.29, 0.717) is 29.6 Å². The maximum atomic E-state index is 5.64. The Kier molecular flexibility index (Phi) is 6.67. The van der Waals surface area contributed by atoms with Crippen molar-refractivity contribution in [3.8, 4) is 5.82 Å². The molecule has 0 saturated heterocycles. The number of fused-ring (bicyclic) bond motifs is 4. The summed E-state index contributed by atoms with van der Waals surface area (Å²) >= 11 is 0. The molecule has 0 fully saturated rings. The van der Waals surface area contributed by atoms with Crippen LogP contribution in [-0.4, -0.2) is 14.5 Å². The molecule has 2 aromatic carbocycles. The van der Waals surface area contributed by atoms with Gasteiger partial charge in [-0.25, -0.2) is 9.97 Å². The summed E-state index contributed by atoms with van der Waals surface area (Å²) in [5.41, 5.74) is 13.2. The van der Waals surface area contributed by atoms with Gasteiger partial charge in [-0.3, -0.25) is 4.57 Å². The number of aromatic nitrogens is 3. The molecule has 0 N–H and O–H groups in total. The van der Waals surface area contributed by atoms with Crippen LogP contribution in [0.2, 0.25) is 0 Å². The third-order valence-electron chi connectivity index (χ3n) is 13.4. The third-order valence-corrected chi connectivity index (χ3v) is 13.4. The van der Waals surface area contributed by atoms with Crippen molar-refractivity contribution in [2.75, 3.05) is 0 Å². The molecule has 0 bridgehead atoms. The predicted molar refractivity (Wildman–Crippen MR) is 208 cm³/mol. The highest BCUT2D eigenvalue weighted by atomic mass is 15.1. The highest BCUT2D eigenvalue weighted by molar-refractivity contribution is 6.03. The molecular formula is C47H47N3. The molecular weight excluding hydrogens is 607 g/mol. The van der Waals surface area contributed by atoms with E-state index in [1.54, 1.807) is 0 Å². The molecule has 4 aromatic rings. The molecule has 2 aromatic heterocycles. The van der Waals surface area contributed by atoms with Crippen LogP contribution in [0.3, 0.4) is 0 Å². The van der Waals surface area contributed by atoms with E-state index in [9.17, 15) is 0 Å². The zero-order chi connectivity index (χ0) is 33.9. The average Bonchev–Trinajstić information content (AvgIpc) is 3.42. The average molecular weight is 654 g/mol. The van der Waals surface area contributed by atoms with Gasteiger partial charge in [0, 0.05) is 33.9 Å². The molecule has 7 unspecified atom stereocenters. The summed E-state index contributed by atoms with van der Waals surface area (Å²) in [6.45, 7) is 12.1. The number of benzene rings is 2. The van der Waals surface area contributed by atoms with Crippen molar-refractivity contribution in [1.29, 1.82) is 0 Å². The minimum Gasteiger partial charge on any atom is -0.296 e. The molecule has 0 spiro atoms. The summed E-state index contributed by atoms with van der Waals surface area (Å²) in [7, 11) is 0. The highest BCUT2D eigenvalue weighted by Crippen LogP contribution is 2.64. The Balaban J connectivity index is 1.29. The summed E-state index contributed by atoms with van der Waals surface area (Å²) in [6, 6.07) is 16.3. The fraction of sp³-hybridized carbons (Fsp3) is 0.362. The van der Waals surface area contributed by atoms with Gasteiger partial charge in [-0.2, -0.15) is 0 Å². The predicted octanol–water partition coefficient (Wildman–Crippen LogP) is 9.53. The van der Waals surface area contributed by atoms with Crippen molar-refractivity contribution in [1.82, 2.24) is 14.5 Å². The molecule has 2 heterocycles. The van der Waals surface area contributed by atoms with Crippen molar-refractivity contribution in [2.24, 2.45) is 35.0 Å². The van der Waals surface area contributed by atoms with Gasteiger partial charge in [-0.15, -0.1) is 0 Å². The number of hydrogen-bond acceptors (Lipinski definition) is 2. The van der Waals surface area contributed by atoms with Crippen LogP contribution in [0.1, 0.15) is 93.7 Å². The molecule has 6 aliphatic rings. The lowest BCUT2D eigenvalue weighted by Gasteiger charge is -2.50. The molecule has 0 amide bonds. The van der Waals surface area contributed by atoms with Crippen LogP contribution in [0.4, 0.5) is 0 Å². The second kappa shape index (κ2) is 11.0. The first kappa shape index (κ1) is 30.3. The van der Waals surface area contributed by atoms with Crippen LogP contribution in [-0.2, 0) is 12.8 Å². The van der Waals surface area contributed by atoms with Crippen molar-refractivity contribution in [3.63, 3.8) is 0 Å². The SMILES string of the molecule is CCC(C)C1C=Cc2nc(-n3c4c5c6c(cccc63)C3C(C)C=CC6=c7ccccc7=CC(C5=CC(C)C4)C63C)c(C3=CC=CCC3)nc2C1. The summed E-state index contributed by atoms with van der Waals surface area (Å²) in [5, 5.41) is 4.21. The van der Waals surface area contributed by atoms with E-state index >= 15 is 0 Å². The fourth-order valence-electron chi connectivity index (χ4n) is 10.8. The first-order chi connectivity index (χ1) is 24.4. The Labute approximate surface area is 296 Å². The van der Waals surface area contributed by atoms with Crippen molar-refractivity contribution >= 4 is 39.8 Å². The van der Waals surface area contributed by atoms with Crippen LogP contribution < -0.4 is 10.4 Å². The number of allylic oxidation sites excluding steroid dienone is 9. The van der Waals surface area contributed by atoms with E-state index < -0.39 is 0 Å². The summed E-state index contributed by atoms with van der Waals surface area (Å²) in [5.74, 6) is 3.60. The van der Waals surface area contributed by atoms with E-state index in [4.69, 9.17) is 9.97 Å². The normalized spacial score (nSPS) is 29.0. The molecule has 0 saturated carbocycles. The first-order valence-electron chi connectivity index (χ1n) is 19.2. The minimum atomic E-state index is -0.0548. The van der Waals surface area contributed by atoms with Crippen LogP contribution in [0, 0.1) is 35.0 Å². The van der Waals surface area contributed by atoms with Crippen LogP contribution in [0.15, 0.2) is 85.0 Å². The fourth-order valence-corrected chi connectivity index (χ4v) is 10.8. The van der Waals surface area contributed by atoms with Gasteiger partial charge in [0.2, 0.25) is 0 Å². The van der Waals surface area contributed by atoms with Crippen molar-refractivity contribution in [3.05, 3.63) is 129 Å². The smallest absolute Gasteiger partial charge is 0.164 e. The molecule has 3 nitrogen and oxygen atoms in total. The zero-order valence-corrected chi connectivity index (χ0v) is 30.1. The van der Waals surface area contributed by atoms with Gasteiger partial charge >= 0.3 is 0 Å². The van der Waals surface area contributed by atoms with Gasteiger partial charge in [0.05, 0.1) is 16.9 Å². The van der Waals surface area contributed by atoms with E-state index in [0.717, 1.165) is 48.6 Å². The quantitative estimate of drug-likeness (QED) is 0.220. The third kappa shape index (κ3) is 4.10. The number of hydrogen-bond donors (Lipinski definition) is 0. The Morgan fingerprint density at radius 2 is 1.86 bits per heavy atom. The molecule has 3 heteroatoms. The minimum absolute atomic E-state index is 0.0548. The van der Waals surface area contributed by atoms with E-state index in [1.807, 2.05) is 0 Å². The number of nitrogens with zero attached hydrogens (tertiary/aromatic N) is 3. The lowest BCUT2D eigenvalue weighted by atomic mass is 9.53. The zero-order valence-electron chi connectivity index (χ0n) is 30.1. The lowest BCUT2D eigenvalue weighted by Crippen LogP contribution is -2.47. The van der Waals surface area contributed by atoms with Gasteiger partial charge < -0.3 is 0 Å². The summed E-state index contributed by atoms with van der Waals surface area (Å²) < 4.78 is 2.57. The summed E-state index contributed by atoms with van der Waals surface area (Å²) in [4.78, 5) is 11.2. The molecule has 0 aliphatic heterocycles. The van der Waals surface area contributed by atoms with Gasteiger partial charge in [0.15, 0.2) is 5.82 Å². The summed E-state index contributed by atoms with van der Waals surface area (Å²) in [6.07, 6.45) is 26.9. The Hall–Kier alpha value is -4.50. The Bertz CT molecular complexity index is 2410. The Morgan fingerprint density at radius 1 is 0.980 bits per heavy atom. The van der Waals surface area contributed by atoms with Crippen LogP contribution >= 0.6 is 0 Å². The van der Waals surface area contributed by atoms with Crippen LogP contribution in [0.25, 0.3) is 45.6 Å². The van der Waals surface area contributed by atoms with Gasteiger partial charge in [0.1, 0.15) is 5.69 Å².